The van der Waals surface area contributed by atoms with Gasteiger partial charge in [0.1, 0.15) is 17.6 Å². The number of nitrogens with zero attached hydrogens (tertiary/aromatic N) is 3. The number of fused-ring (bicyclic) bond motifs is 3. The Morgan fingerprint density at radius 1 is 1.16 bits per heavy atom. The molecule has 0 aromatic heterocycles. The molecule has 2 aromatic carbocycles. The number of hydrogen-bond acceptors (Lipinski definition) is 7. The number of thioether (sulfide) groups is 1. The lowest BCUT2D eigenvalue weighted by Crippen LogP contribution is -2.43. The third kappa shape index (κ3) is 6.02. The number of carbonyl (C=O) groups is 3. The van der Waals surface area contributed by atoms with Gasteiger partial charge in [0.15, 0.2) is 5.17 Å². The van der Waals surface area contributed by atoms with E-state index in [4.69, 9.17) is 9.73 Å². The van der Waals surface area contributed by atoms with Crippen molar-refractivity contribution in [1.82, 2.24) is 10.2 Å². The molecule has 37 heavy (non-hydrogen) atoms. The molecule has 0 fully saturated rings. The van der Waals surface area contributed by atoms with E-state index >= 15 is 0 Å². The van der Waals surface area contributed by atoms with Crippen LogP contribution in [0.1, 0.15) is 45.1 Å². The molecule has 0 saturated carbocycles. The van der Waals surface area contributed by atoms with Gasteiger partial charge < -0.3 is 15.4 Å². The van der Waals surface area contributed by atoms with E-state index in [-0.39, 0.29) is 24.1 Å². The molecule has 2 N–H and O–H groups in total. The third-order valence-electron chi connectivity index (χ3n) is 6.03. The number of carbonyl (C=O) groups excluding carboxylic acids is 3. The minimum absolute atomic E-state index is 0.0316. The molecule has 0 unspecified atom stereocenters. The highest BCUT2D eigenvalue weighted by Crippen LogP contribution is 2.36. The van der Waals surface area contributed by atoms with E-state index in [2.05, 4.69) is 15.6 Å². The lowest BCUT2D eigenvalue weighted by molar-refractivity contribution is -0.128. The van der Waals surface area contributed by atoms with Crippen molar-refractivity contribution in [1.29, 1.82) is 0 Å². The lowest BCUT2D eigenvalue weighted by Gasteiger charge is -2.27. The van der Waals surface area contributed by atoms with E-state index in [1.807, 2.05) is 38.1 Å². The van der Waals surface area contributed by atoms with Crippen molar-refractivity contribution < 1.29 is 19.1 Å². The lowest BCUT2D eigenvalue weighted by atomic mass is 10.1. The maximum absolute atomic E-state index is 13.4. The largest absolute Gasteiger partial charge is 0.497 e. The molecular weight excluding hydrogens is 490 g/mol. The second-order valence-electron chi connectivity index (χ2n) is 8.70. The van der Waals surface area contributed by atoms with Crippen molar-refractivity contribution in [3.63, 3.8) is 0 Å². The summed E-state index contributed by atoms with van der Waals surface area (Å²) in [5.74, 6) is 0.371. The Hall–Kier alpha value is -3.66. The predicted octanol–water partition coefficient (Wildman–Crippen LogP) is 4.11. The summed E-state index contributed by atoms with van der Waals surface area (Å²) in [6, 6.07) is 13.7. The molecule has 0 saturated heterocycles. The Balaban J connectivity index is 1.55. The van der Waals surface area contributed by atoms with Gasteiger partial charge in [0.05, 0.1) is 24.5 Å². The molecule has 2 heterocycles. The quantitative estimate of drug-likeness (QED) is 0.457. The number of para-hydroxylation sites is 1. The van der Waals surface area contributed by atoms with E-state index < -0.39 is 11.3 Å². The first-order chi connectivity index (χ1) is 17.9. The first kappa shape index (κ1) is 26.4. The number of benzene rings is 2. The van der Waals surface area contributed by atoms with Gasteiger partial charge in [0, 0.05) is 23.9 Å². The van der Waals surface area contributed by atoms with E-state index in [0.717, 1.165) is 18.4 Å². The number of methoxy groups -OCH3 is 1. The highest BCUT2D eigenvalue weighted by molar-refractivity contribution is 8.15. The van der Waals surface area contributed by atoms with Crippen molar-refractivity contribution >= 4 is 51.9 Å². The molecule has 0 spiro atoms. The van der Waals surface area contributed by atoms with Gasteiger partial charge in [-0.25, -0.2) is 9.89 Å². The second kappa shape index (κ2) is 12.1. The molecule has 0 radical (unpaired) electrons. The molecule has 3 amide bonds. The van der Waals surface area contributed by atoms with Crippen molar-refractivity contribution in [2.75, 3.05) is 19.0 Å². The zero-order valence-electron chi connectivity index (χ0n) is 21.2. The summed E-state index contributed by atoms with van der Waals surface area (Å²) >= 11 is 1.21. The minimum Gasteiger partial charge on any atom is -0.497 e. The standard InChI is InChI=1S/C27H31N5O4S/c1-4-6-14-28-23(33)16-21-26(35)32-24(30-21)19-12-7-8-13-20(19)31-27(32)37-22(5-2)25(34)29-17-10-9-11-18(15-17)36-3/h7-13,15,21-22H,4-6,14,16H2,1-3H3,(H,28,33)(H,29,34)/t21-,22+/m1/s1. The summed E-state index contributed by atoms with van der Waals surface area (Å²) in [6.45, 7) is 4.53. The molecule has 2 aromatic rings. The summed E-state index contributed by atoms with van der Waals surface area (Å²) in [5, 5.41) is 5.64. The maximum Gasteiger partial charge on any atom is 0.259 e. The van der Waals surface area contributed by atoms with Gasteiger partial charge in [-0.1, -0.05) is 50.2 Å². The van der Waals surface area contributed by atoms with Crippen LogP contribution < -0.4 is 15.4 Å². The van der Waals surface area contributed by atoms with Crippen LogP contribution in [0.3, 0.4) is 0 Å². The fourth-order valence-corrected chi connectivity index (χ4v) is 5.06. The number of anilines is 1. The van der Waals surface area contributed by atoms with Crippen LogP contribution in [0.15, 0.2) is 58.5 Å². The Morgan fingerprint density at radius 3 is 2.73 bits per heavy atom. The fourth-order valence-electron chi connectivity index (χ4n) is 4.04. The predicted molar refractivity (Wildman–Crippen MR) is 147 cm³/mol. The average molecular weight is 522 g/mol. The van der Waals surface area contributed by atoms with Crippen LogP contribution in [0, 0.1) is 0 Å². The summed E-state index contributed by atoms with van der Waals surface area (Å²) < 4.78 is 5.24. The van der Waals surface area contributed by atoms with Crippen LogP contribution in [0.5, 0.6) is 5.75 Å². The molecule has 2 atom stereocenters. The van der Waals surface area contributed by atoms with Crippen LogP contribution in [0.25, 0.3) is 0 Å². The van der Waals surface area contributed by atoms with Crippen LogP contribution in [0.2, 0.25) is 0 Å². The van der Waals surface area contributed by atoms with E-state index in [1.165, 1.54) is 16.7 Å². The first-order valence-corrected chi connectivity index (χ1v) is 13.3. The normalized spacial score (nSPS) is 16.8. The van der Waals surface area contributed by atoms with Crippen LogP contribution in [-0.2, 0) is 14.4 Å². The zero-order valence-corrected chi connectivity index (χ0v) is 22.0. The third-order valence-corrected chi connectivity index (χ3v) is 7.34. The van der Waals surface area contributed by atoms with Gasteiger partial charge in [-0.15, -0.1) is 0 Å². The Bertz CT molecular complexity index is 1240. The average Bonchev–Trinajstić information content (AvgIpc) is 3.23. The monoisotopic (exact) mass is 521 g/mol. The van der Waals surface area contributed by atoms with Gasteiger partial charge in [-0.05, 0) is 37.1 Å². The van der Waals surface area contributed by atoms with Crippen molar-refractivity contribution in [2.24, 2.45) is 9.98 Å². The Labute approximate surface area is 220 Å². The molecule has 2 aliphatic rings. The van der Waals surface area contributed by atoms with Gasteiger partial charge in [-0.2, -0.15) is 0 Å². The molecule has 0 aliphatic carbocycles. The van der Waals surface area contributed by atoms with Gasteiger partial charge in [0.25, 0.3) is 5.91 Å². The van der Waals surface area contributed by atoms with Crippen molar-refractivity contribution in [2.45, 2.75) is 50.8 Å². The van der Waals surface area contributed by atoms with Gasteiger partial charge in [-0.3, -0.25) is 19.4 Å². The molecular formula is C27H31N5O4S. The first-order valence-electron chi connectivity index (χ1n) is 12.4. The number of amides is 3. The summed E-state index contributed by atoms with van der Waals surface area (Å²) in [5.41, 5.74) is 2.01. The van der Waals surface area contributed by atoms with E-state index in [9.17, 15) is 14.4 Å². The number of nitrogens with one attached hydrogen (secondary N) is 2. The zero-order chi connectivity index (χ0) is 26.4. The summed E-state index contributed by atoms with van der Waals surface area (Å²) in [4.78, 5) is 49.9. The highest BCUT2D eigenvalue weighted by Gasteiger charge is 2.43. The summed E-state index contributed by atoms with van der Waals surface area (Å²) in [7, 11) is 1.57. The SMILES string of the molecule is CCCCNC(=O)C[C@H]1N=C2c3ccccc3N=C(S[C@@H](CC)C(=O)Nc3cccc(OC)c3)N2C1=O. The minimum atomic E-state index is -0.834. The second-order valence-corrected chi connectivity index (χ2v) is 9.87. The van der Waals surface area contributed by atoms with Gasteiger partial charge in [0.2, 0.25) is 11.8 Å². The van der Waals surface area contributed by atoms with E-state index in [0.29, 0.717) is 41.1 Å². The maximum atomic E-state index is 13.4. The van der Waals surface area contributed by atoms with Gasteiger partial charge >= 0.3 is 0 Å². The number of amidine groups is 2. The molecule has 10 heteroatoms. The Kier molecular flexibility index (Phi) is 8.60. The molecule has 0 bridgehead atoms. The van der Waals surface area contributed by atoms with Crippen LogP contribution in [-0.4, -0.2) is 58.6 Å². The fraction of sp³-hybridized carbons (Fsp3) is 0.370. The number of rotatable bonds is 10. The van der Waals surface area contributed by atoms with E-state index in [1.54, 1.807) is 31.4 Å². The summed E-state index contributed by atoms with van der Waals surface area (Å²) in [6.07, 6.45) is 2.33. The number of hydrogen-bond donors (Lipinski definition) is 2. The van der Waals surface area contributed by atoms with Crippen molar-refractivity contribution in [3.8, 4) is 5.75 Å². The van der Waals surface area contributed by atoms with Crippen molar-refractivity contribution in [3.05, 3.63) is 54.1 Å². The number of aliphatic imine (C=N–C) groups is 2. The molecule has 2 aliphatic heterocycles. The van der Waals surface area contributed by atoms with Crippen LogP contribution in [0.4, 0.5) is 11.4 Å². The Morgan fingerprint density at radius 2 is 1.97 bits per heavy atom. The smallest absolute Gasteiger partial charge is 0.259 e. The number of ether oxygens (including phenoxy) is 1. The molecule has 4 rings (SSSR count). The highest BCUT2D eigenvalue weighted by atomic mass is 32.2. The number of unbranched alkanes of at least 4 members (excludes halogenated alkanes) is 1. The molecule has 9 nitrogen and oxygen atoms in total. The van der Waals surface area contributed by atoms with Crippen LogP contribution >= 0.6 is 11.8 Å². The molecule has 194 valence electrons. The topological polar surface area (TPSA) is 112 Å².